The number of benzene rings is 1. The molecule has 6 heteroatoms. The van der Waals surface area contributed by atoms with Gasteiger partial charge in [0.25, 0.3) is 5.56 Å². The van der Waals surface area contributed by atoms with Gasteiger partial charge >= 0.3 is 0 Å². The molecule has 2 aromatic heterocycles. The molecule has 0 atom stereocenters. The first-order valence-corrected chi connectivity index (χ1v) is 8.48. The van der Waals surface area contributed by atoms with Crippen LogP contribution in [0.5, 0.6) is 0 Å². The van der Waals surface area contributed by atoms with Gasteiger partial charge in [0.15, 0.2) is 0 Å². The number of rotatable bonds is 4. The summed E-state index contributed by atoms with van der Waals surface area (Å²) >= 11 is 1.47. The number of halogens is 1. The third-order valence-electron chi connectivity index (χ3n) is 3.98. The van der Waals surface area contributed by atoms with Gasteiger partial charge < -0.3 is 0 Å². The van der Waals surface area contributed by atoms with Gasteiger partial charge in [-0.1, -0.05) is 12.1 Å². The van der Waals surface area contributed by atoms with Crippen LogP contribution in [-0.2, 0) is 6.54 Å². The maximum atomic E-state index is 13.2. The van der Waals surface area contributed by atoms with Crippen LogP contribution in [0.3, 0.4) is 0 Å². The second-order valence-electron chi connectivity index (χ2n) is 5.60. The van der Waals surface area contributed by atoms with E-state index >= 15 is 0 Å². The Morgan fingerprint density at radius 1 is 1.29 bits per heavy atom. The Morgan fingerprint density at radius 2 is 2.00 bits per heavy atom. The van der Waals surface area contributed by atoms with E-state index in [2.05, 4.69) is 11.1 Å². The zero-order valence-corrected chi connectivity index (χ0v) is 14.3. The van der Waals surface area contributed by atoms with E-state index in [0.29, 0.717) is 35.4 Å². The van der Waals surface area contributed by atoms with Crippen LogP contribution in [0.4, 0.5) is 4.39 Å². The fourth-order valence-electron chi connectivity index (χ4n) is 2.84. The predicted octanol–water partition coefficient (Wildman–Crippen LogP) is 4.18. The molecule has 0 spiro atoms. The van der Waals surface area contributed by atoms with Gasteiger partial charge in [-0.25, -0.2) is 9.37 Å². The van der Waals surface area contributed by atoms with E-state index in [9.17, 15) is 9.18 Å². The van der Waals surface area contributed by atoms with Crippen molar-refractivity contribution in [2.24, 2.45) is 0 Å². The van der Waals surface area contributed by atoms with E-state index < -0.39 is 0 Å². The first-order chi connectivity index (χ1) is 11.5. The first-order valence-electron chi connectivity index (χ1n) is 7.66. The van der Waals surface area contributed by atoms with E-state index in [0.717, 1.165) is 16.0 Å². The van der Waals surface area contributed by atoms with Crippen LogP contribution < -0.4 is 5.56 Å². The molecule has 1 aromatic carbocycles. The number of unbranched alkanes of at least 4 members (excludes halogenated alkanes) is 1. The summed E-state index contributed by atoms with van der Waals surface area (Å²) in [6, 6.07) is 8.25. The minimum Gasteiger partial charge on any atom is -0.296 e. The molecule has 0 aliphatic carbocycles. The number of nitrogens with zero attached hydrogens (tertiary/aromatic N) is 3. The van der Waals surface area contributed by atoms with Crippen molar-refractivity contribution in [1.29, 1.82) is 5.26 Å². The third kappa shape index (κ3) is 2.83. The van der Waals surface area contributed by atoms with Gasteiger partial charge in [0, 0.05) is 23.4 Å². The lowest BCUT2D eigenvalue weighted by molar-refractivity contribution is 0.607. The van der Waals surface area contributed by atoms with E-state index in [4.69, 9.17) is 5.26 Å². The summed E-state index contributed by atoms with van der Waals surface area (Å²) < 4.78 is 14.8. The second-order valence-corrected chi connectivity index (χ2v) is 6.80. The third-order valence-corrected chi connectivity index (χ3v) is 4.98. The highest BCUT2D eigenvalue weighted by Crippen LogP contribution is 2.35. The number of hydrogen-bond donors (Lipinski definition) is 0. The van der Waals surface area contributed by atoms with Gasteiger partial charge in [-0.2, -0.15) is 5.26 Å². The minimum atomic E-state index is -0.307. The van der Waals surface area contributed by atoms with Crippen LogP contribution in [0.15, 0.2) is 29.1 Å². The van der Waals surface area contributed by atoms with Crippen LogP contribution in [0.2, 0.25) is 0 Å². The lowest BCUT2D eigenvalue weighted by Gasteiger charge is -2.09. The molecule has 0 saturated carbocycles. The van der Waals surface area contributed by atoms with Gasteiger partial charge in [-0.05, 0) is 38.0 Å². The fourth-order valence-corrected chi connectivity index (χ4v) is 3.92. The molecule has 3 rings (SSSR count). The van der Waals surface area contributed by atoms with Gasteiger partial charge in [-0.15, -0.1) is 11.3 Å². The summed E-state index contributed by atoms with van der Waals surface area (Å²) in [7, 11) is 0. The lowest BCUT2D eigenvalue weighted by atomic mass is 10.0. The Labute approximate surface area is 142 Å². The molecule has 2 heterocycles. The number of nitriles is 1. The molecular weight excluding hydrogens is 325 g/mol. The molecule has 0 amide bonds. The average molecular weight is 341 g/mol. The molecule has 0 bridgehead atoms. The summed E-state index contributed by atoms with van der Waals surface area (Å²) in [4.78, 5) is 19.2. The van der Waals surface area contributed by atoms with Crippen molar-refractivity contribution in [2.75, 3.05) is 0 Å². The van der Waals surface area contributed by atoms with Crippen molar-refractivity contribution in [3.05, 3.63) is 51.1 Å². The molecule has 0 N–H and O–H groups in total. The number of thiophene rings is 1. The summed E-state index contributed by atoms with van der Waals surface area (Å²) in [5, 5.41) is 9.27. The molecule has 3 aromatic rings. The van der Waals surface area contributed by atoms with E-state index in [1.165, 1.54) is 23.5 Å². The zero-order chi connectivity index (χ0) is 17.3. The maximum absolute atomic E-state index is 13.2. The molecule has 122 valence electrons. The Morgan fingerprint density at radius 3 is 2.67 bits per heavy atom. The lowest BCUT2D eigenvalue weighted by Crippen LogP contribution is -2.23. The molecule has 0 aliphatic rings. The molecular formula is C18H16FN3OS. The highest BCUT2D eigenvalue weighted by Gasteiger charge is 2.18. The molecule has 24 heavy (non-hydrogen) atoms. The van der Waals surface area contributed by atoms with Crippen molar-refractivity contribution >= 4 is 21.6 Å². The van der Waals surface area contributed by atoms with Crippen molar-refractivity contribution in [3.8, 4) is 17.2 Å². The maximum Gasteiger partial charge on any atom is 0.262 e. The number of aryl methyl sites for hydroxylation is 2. The van der Waals surface area contributed by atoms with Gasteiger partial charge in [-0.3, -0.25) is 9.36 Å². The summed E-state index contributed by atoms with van der Waals surface area (Å²) in [6.45, 7) is 4.22. The number of hydrogen-bond acceptors (Lipinski definition) is 4. The smallest absolute Gasteiger partial charge is 0.262 e. The quantitative estimate of drug-likeness (QED) is 0.669. The van der Waals surface area contributed by atoms with Crippen LogP contribution >= 0.6 is 11.3 Å². The zero-order valence-electron chi connectivity index (χ0n) is 13.5. The van der Waals surface area contributed by atoms with Gasteiger partial charge in [0.1, 0.15) is 16.5 Å². The van der Waals surface area contributed by atoms with Crippen molar-refractivity contribution < 1.29 is 4.39 Å². The van der Waals surface area contributed by atoms with E-state index in [-0.39, 0.29) is 11.4 Å². The highest BCUT2D eigenvalue weighted by atomic mass is 32.1. The molecule has 0 saturated heterocycles. The Balaban J connectivity index is 2.22. The number of aromatic nitrogens is 2. The summed E-state index contributed by atoms with van der Waals surface area (Å²) in [5.41, 5.74) is 1.53. The molecule has 0 radical (unpaired) electrons. The Kier molecular flexibility index (Phi) is 4.45. The molecule has 0 fully saturated rings. The Hall–Kier alpha value is -2.52. The van der Waals surface area contributed by atoms with Crippen LogP contribution in [0.1, 0.15) is 23.5 Å². The van der Waals surface area contributed by atoms with Crippen LogP contribution in [-0.4, -0.2) is 9.55 Å². The summed E-state index contributed by atoms with van der Waals surface area (Å²) in [5.74, 6) is 0.344. The first kappa shape index (κ1) is 16.3. The highest BCUT2D eigenvalue weighted by molar-refractivity contribution is 7.19. The second kappa shape index (κ2) is 6.54. The van der Waals surface area contributed by atoms with Crippen LogP contribution in [0.25, 0.3) is 21.3 Å². The molecule has 4 nitrogen and oxygen atoms in total. The summed E-state index contributed by atoms with van der Waals surface area (Å²) in [6.07, 6.45) is 1.01. The Bertz CT molecular complexity index is 996. The number of fused-ring (bicyclic) bond motifs is 1. The topological polar surface area (TPSA) is 58.7 Å². The van der Waals surface area contributed by atoms with Crippen molar-refractivity contribution in [2.45, 2.75) is 33.2 Å². The fraction of sp³-hybridized carbons (Fsp3) is 0.278. The van der Waals surface area contributed by atoms with Gasteiger partial charge in [0.2, 0.25) is 0 Å². The predicted molar refractivity (Wildman–Crippen MR) is 93.6 cm³/mol. The molecule has 0 aliphatic heterocycles. The van der Waals surface area contributed by atoms with Gasteiger partial charge in [0.05, 0.1) is 11.5 Å². The SMILES string of the molecule is Cc1sc2nc(C)n(CCCC#N)c(=O)c2c1-c1ccc(F)cc1. The van der Waals surface area contributed by atoms with Crippen molar-refractivity contribution in [1.82, 2.24) is 9.55 Å². The largest absolute Gasteiger partial charge is 0.296 e. The van der Waals surface area contributed by atoms with Crippen LogP contribution in [0, 0.1) is 31.0 Å². The minimum absolute atomic E-state index is 0.0980. The van der Waals surface area contributed by atoms with Crippen molar-refractivity contribution in [3.63, 3.8) is 0 Å². The monoisotopic (exact) mass is 341 g/mol. The standard InChI is InChI=1S/C18H16FN3OS/c1-11-15(13-5-7-14(19)8-6-13)16-17(24-11)21-12(2)22(18(16)23)10-4-3-9-20/h5-8H,3-4,10H2,1-2H3. The van der Waals surface area contributed by atoms with E-state index in [1.54, 1.807) is 23.6 Å². The average Bonchev–Trinajstić information content (AvgIpc) is 2.87. The normalized spacial score (nSPS) is 10.9. The van der Waals surface area contributed by atoms with E-state index in [1.807, 2.05) is 6.92 Å². The molecule has 0 unspecified atom stereocenters.